The van der Waals surface area contributed by atoms with E-state index in [4.69, 9.17) is 0 Å². The van der Waals surface area contributed by atoms with Gasteiger partial charge in [-0.2, -0.15) is 0 Å². The Balaban J connectivity index is 1.44. The highest BCUT2D eigenvalue weighted by Crippen LogP contribution is 2.18. The molecular formula is C26H20N2O2S. The molecule has 0 bridgehead atoms. The van der Waals surface area contributed by atoms with Gasteiger partial charge in [-0.05, 0) is 54.1 Å². The highest BCUT2D eigenvalue weighted by molar-refractivity contribution is 7.89. The van der Waals surface area contributed by atoms with Crippen LogP contribution in [0, 0.1) is 11.8 Å². The summed E-state index contributed by atoms with van der Waals surface area (Å²) in [5.74, 6) is 6.11. The first kappa shape index (κ1) is 20.5. The summed E-state index contributed by atoms with van der Waals surface area (Å²) in [6, 6.07) is 29.7. The summed E-state index contributed by atoms with van der Waals surface area (Å²) >= 11 is 0. The van der Waals surface area contributed by atoms with Crippen LogP contribution < -0.4 is 4.72 Å². The van der Waals surface area contributed by atoms with Crippen molar-refractivity contribution in [2.45, 2.75) is 11.4 Å². The molecule has 4 nitrogen and oxygen atoms in total. The molecular weight excluding hydrogens is 404 g/mol. The van der Waals surface area contributed by atoms with Crippen molar-refractivity contribution in [3.63, 3.8) is 0 Å². The second kappa shape index (κ2) is 9.40. The van der Waals surface area contributed by atoms with Gasteiger partial charge in [0.2, 0.25) is 10.0 Å². The van der Waals surface area contributed by atoms with E-state index in [2.05, 4.69) is 21.5 Å². The molecule has 0 aliphatic rings. The molecule has 152 valence electrons. The molecule has 0 amide bonds. The van der Waals surface area contributed by atoms with Gasteiger partial charge in [0, 0.05) is 29.4 Å². The molecule has 0 fully saturated rings. The maximum Gasteiger partial charge on any atom is 0.240 e. The van der Waals surface area contributed by atoms with Gasteiger partial charge in [0.15, 0.2) is 0 Å². The van der Waals surface area contributed by atoms with Crippen LogP contribution in [0.5, 0.6) is 0 Å². The summed E-state index contributed by atoms with van der Waals surface area (Å²) in [4.78, 5) is 4.57. The third kappa shape index (κ3) is 5.46. The third-order valence-electron chi connectivity index (χ3n) is 4.65. The van der Waals surface area contributed by atoms with E-state index in [9.17, 15) is 8.42 Å². The molecule has 1 aromatic heterocycles. The number of benzene rings is 3. The first-order valence-electron chi connectivity index (χ1n) is 9.77. The van der Waals surface area contributed by atoms with Gasteiger partial charge in [0.25, 0.3) is 0 Å². The molecule has 0 unspecified atom stereocenters. The van der Waals surface area contributed by atoms with Gasteiger partial charge in [-0.25, -0.2) is 13.1 Å². The molecule has 4 rings (SSSR count). The molecule has 4 aromatic rings. The van der Waals surface area contributed by atoms with Crippen LogP contribution in [0.25, 0.3) is 11.3 Å². The second-order valence-corrected chi connectivity index (χ2v) is 8.65. The van der Waals surface area contributed by atoms with Crippen molar-refractivity contribution in [1.29, 1.82) is 0 Å². The lowest BCUT2D eigenvalue weighted by Gasteiger charge is -2.08. The van der Waals surface area contributed by atoms with Crippen molar-refractivity contribution in [1.82, 2.24) is 9.71 Å². The van der Waals surface area contributed by atoms with Crippen molar-refractivity contribution in [2.75, 3.05) is 0 Å². The maximum absolute atomic E-state index is 12.7. The number of rotatable bonds is 5. The van der Waals surface area contributed by atoms with E-state index in [0.29, 0.717) is 0 Å². The van der Waals surface area contributed by atoms with E-state index in [1.54, 1.807) is 36.5 Å². The van der Waals surface area contributed by atoms with Gasteiger partial charge in [-0.15, -0.1) is 0 Å². The van der Waals surface area contributed by atoms with Gasteiger partial charge in [-0.3, -0.25) is 4.98 Å². The Kier molecular flexibility index (Phi) is 6.23. The number of aromatic nitrogens is 1. The van der Waals surface area contributed by atoms with Crippen molar-refractivity contribution >= 4 is 10.0 Å². The minimum atomic E-state index is -3.64. The highest BCUT2D eigenvalue weighted by atomic mass is 32.2. The predicted octanol–water partition coefficient (Wildman–Crippen LogP) is 4.63. The van der Waals surface area contributed by atoms with Crippen molar-refractivity contribution in [3.8, 4) is 23.1 Å². The van der Waals surface area contributed by atoms with Crippen molar-refractivity contribution in [3.05, 3.63) is 120 Å². The van der Waals surface area contributed by atoms with E-state index in [1.165, 1.54) is 0 Å². The lowest BCUT2D eigenvalue weighted by Crippen LogP contribution is -2.23. The summed E-state index contributed by atoms with van der Waals surface area (Å²) in [5, 5.41) is 0. The minimum Gasteiger partial charge on any atom is -0.256 e. The number of nitrogens with one attached hydrogen (secondary N) is 1. The Morgan fingerprint density at radius 1 is 0.742 bits per heavy atom. The van der Waals surface area contributed by atoms with Crippen LogP contribution in [-0.2, 0) is 16.6 Å². The van der Waals surface area contributed by atoms with E-state index < -0.39 is 10.0 Å². The first-order chi connectivity index (χ1) is 15.1. The van der Waals surface area contributed by atoms with E-state index in [-0.39, 0.29) is 11.4 Å². The van der Waals surface area contributed by atoms with Crippen molar-refractivity contribution in [2.24, 2.45) is 0 Å². The summed E-state index contributed by atoms with van der Waals surface area (Å²) in [6.07, 6.45) is 1.69. The van der Waals surface area contributed by atoms with Crippen LogP contribution in [0.1, 0.15) is 16.7 Å². The number of hydrogen-bond donors (Lipinski definition) is 1. The third-order valence-corrected chi connectivity index (χ3v) is 6.07. The van der Waals surface area contributed by atoms with Crippen LogP contribution in [-0.4, -0.2) is 13.4 Å². The number of sulfonamides is 1. The molecule has 3 aromatic carbocycles. The van der Waals surface area contributed by atoms with Crippen LogP contribution in [0.3, 0.4) is 0 Å². The molecule has 31 heavy (non-hydrogen) atoms. The lowest BCUT2D eigenvalue weighted by atomic mass is 10.1. The Morgan fingerprint density at radius 2 is 1.35 bits per heavy atom. The SMILES string of the molecule is O=S(=O)(NCc1ccnc(-c2ccccc2)c1)c1ccc(C#Cc2ccccc2)cc1. The monoisotopic (exact) mass is 424 g/mol. The van der Waals surface area contributed by atoms with Gasteiger partial charge >= 0.3 is 0 Å². The van der Waals surface area contributed by atoms with Gasteiger partial charge < -0.3 is 0 Å². The summed E-state index contributed by atoms with van der Waals surface area (Å²) < 4.78 is 28.0. The fourth-order valence-corrected chi connectivity index (χ4v) is 4.01. The topological polar surface area (TPSA) is 59.1 Å². The average molecular weight is 425 g/mol. The van der Waals surface area contributed by atoms with Crippen LogP contribution >= 0.6 is 0 Å². The zero-order valence-electron chi connectivity index (χ0n) is 16.7. The molecule has 0 aliphatic carbocycles. The predicted molar refractivity (Wildman–Crippen MR) is 123 cm³/mol. The quantitative estimate of drug-likeness (QED) is 0.475. The Morgan fingerprint density at radius 3 is 2.03 bits per heavy atom. The Hall–Kier alpha value is -3.72. The maximum atomic E-state index is 12.7. The number of pyridine rings is 1. The fourth-order valence-electron chi connectivity index (χ4n) is 3.00. The molecule has 1 heterocycles. The normalized spacial score (nSPS) is 10.8. The molecule has 5 heteroatoms. The zero-order chi connectivity index (χ0) is 21.5. The number of nitrogens with zero attached hydrogens (tertiary/aromatic N) is 1. The summed E-state index contributed by atoms with van der Waals surface area (Å²) in [7, 11) is -3.64. The fraction of sp³-hybridized carbons (Fsp3) is 0.0385. The molecule has 0 spiro atoms. The molecule has 1 N–H and O–H groups in total. The Bertz CT molecular complexity index is 1320. The minimum absolute atomic E-state index is 0.181. The highest BCUT2D eigenvalue weighted by Gasteiger charge is 2.13. The molecule has 0 saturated heterocycles. The smallest absolute Gasteiger partial charge is 0.240 e. The van der Waals surface area contributed by atoms with Gasteiger partial charge in [0.1, 0.15) is 0 Å². The van der Waals surface area contributed by atoms with Crippen LogP contribution in [0.15, 0.2) is 108 Å². The molecule has 0 radical (unpaired) electrons. The van der Waals surface area contributed by atoms with Crippen LogP contribution in [0.4, 0.5) is 0 Å². The van der Waals surface area contributed by atoms with Gasteiger partial charge in [-0.1, -0.05) is 60.4 Å². The molecule has 0 atom stereocenters. The molecule has 0 saturated carbocycles. The largest absolute Gasteiger partial charge is 0.256 e. The second-order valence-electron chi connectivity index (χ2n) is 6.88. The summed E-state index contributed by atoms with van der Waals surface area (Å²) in [5.41, 5.74) is 4.29. The van der Waals surface area contributed by atoms with E-state index >= 15 is 0 Å². The molecule has 0 aliphatic heterocycles. The van der Waals surface area contributed by atoms with Gasteiger partial charge in [0.05, 0.1) is 10.6 Å². The zero-order valence-corrected chi connectivity index (χ0v) is 17.5. The van der Waals surface area contributed by atoms with E-state index in [0.717, 1.165) is 27.9 Å². The van der Waals surface area contributed by atoms with E-state index in [1.807, 2.05) is 66.7 Å². The van der Waals surface area contributed by atoms with Crippen LogP contribution in [0.2, 0.25) is 0 Å². The standard InChI is InChI=1S/C26H20N2O2S/c29-31(30,25-15-13-22(14-16-25)12-11-21-7-3-1-4-8-21)28-20-23-17-18-27-26(19-23)24-9-5-2-6-10-24/h1-10,13-19,28H,20H2. The average Bonchev–Trinajstić information content (AvgIpc) is 2.83. The Labute approximate surface area is 182 Å². The van der Waals surface area contributed by atoms with Crippen molar-refractivity contribution < 1.29 is 8.42 Å². The first-order valence-corrected chi connectivity index (χ1v) is 11.3. The summed E-state index contributed by atoms with van der Waals surface area (Å²) in [6.45, 7) is 0.181. The number of hydrogen-bond acceptors (Lipinski definition) is 3. The lowest BCUT2D eigenvalue weighted by molar-refractivity contribution is 0.581.